The van der Waals surface area contributed by atoms with Crippen molar-refractivity contribution in [2.45, 2.75) is 226 Å². The van der Waals surface area contributed by atoms with E-state index in [-0.39, 0.29) is 25.9 Å². The van der Waals surface area contributed by atoms with Crippen LogP contribution in [0.25, 0.3) is 0 Å². The molecule has 0 radical (unpaired) electrons. The van der Waals surface area contributed by atoms with Gasteiger partial charge < -0.3 is 24.2 Å². The first-order chi connectivity index (χ1) is 31.2. The van der Waals surface area contributed by atoms with E-state index in [0.717, 1.165) is 83.5 Å². The van der Waals surface area contributed by atoms with E-state index >= 15 is 0 Å². The molecule has 0 aliphatic rings. The zero-order chi connectivity index (χ0) is 47.0. The number of hydrogen-bond acceptors (Lipinski definition) is 10. The lowest BCUT2D eigenvalue weighted by atomic mass is 10.1. The Kier molecular flexibility index (Phi) is 44.6. The molecule has 64 heavy (non-hydrogen) atoms. The van der Waals surface area contributed by atoms with Crippen LogP contribution in [-0.4, -0.2) is 66.5 Å². The summed E-state index contributed by atoms with van der Waals surface area (Å²) in [6.07, 6.45) is 47.9. The largest absolute Gasteiger partial charge is 0.472 e. The molecule has 12 heteroatoms. The quantitative estimate of drug-likeness (QED) is 0.0197. The summed E-state index contributed by atoms with van der Waals surface area (Å²) in [5.41, 5.74) is 0. The fourth-order valence-corrected chi connectivity index (χ4v) is 7.38. The van der Waals surface area contributed by atoms with Crippen molar-refractivity contribution < 1.29 is 52.2 Å². The first-order valence-electron chi connectivity index (χ1n) is 25.2. The second-order valence-electron chi connectivity index (χ2n) is 16.6. The maximum atomic E-state index is 12.8. The Labute approximate surface area is 389 Å². The van der Waals surface area contributed by atoms with Gasteiger partial charge >= 0.3 is 25.7 Å². The molecule has 0 aromatic rings. The van der Waals surface area contributed by atoms with Crippen molar-refractivity contribution in [3.05, 3.63) is 60.8 Å². The number of allylic oxidation sites excluding steroid dienone is 10. The number of unbranched alkanes of at least 4 members (excludes halogenated alkanes) is 19. The summed E-state index contributed by atoms with van der Waals surface area (Å²) in [5.74, 6) is -1.57. The fourth-order valence-electron chi connectivity index (χ4n) is 6.60. The average molecular weight is 923 g/mol. The van der Waals surface area contributed by atoms with Crippen LogP contribution in [0, 0.1) is 0 Å². The van der Waals surface area contributed by atoms with E-state index in [0.29, 0.717) is 19.3 Å². The molecule has 0 saturated heterocycles. The third kappa shape index (κ3) is 44.4. The Morgan fingerprint density at radius 3 is 1.34 bits per heavy atom. The topological polar surface area (TPSA) is 155 Å². The lowest BCUT2D eigenvalue weighted by Gasteiger charge is -2.21. The second kappa shape index (κ2) is 46.7. The predicted molar refractivity (Wildman–Crippen MR) is 261 cm³/mol. The molecular formula is C52H91O11P. The van der Waals surface area contributed by atoms with Crippen LogP contribution >= 0.6 is 7.82 Å². The maximum absolute atomic E-state index is 12.8. The first kappa shape index (κ1) is 61.2. The molecule has 370 valence electrons. The van der Waals surface area contributed by atoms with E-state index in [1.807, 2.05) is 12.2 Å². The number of ether oxygens (including phenoxy) is 3. The van der Waals surface area contributed by atoms with Crippen molar-refractivity contribution in [1.82, 2.24) is 0 Å². The summed E-state index contributed by atoms with van der Waals surface area (Å²) in [6.45, 7) is 4.39. The highest BCUT2D eigenvalue weighted by Gasteiger charge is 2.28. The van der Waals surface area contributed by atoms with Crippen LogP contribution in [0.1, 0.15) is 213 Å². The Morgan fingerprint density at radius 2 is 0.844 bits per heavy atom. The molecule has 0 spiro atoms. The van der Waals surface area contributed by atoms with E-state index in [1.54, 1.807) is 0 Å². The zero-order valence-corrected chi connectivity index (χ0v) is 41.4. The number of rotatable bonds is 46. The minimum atomic E-state index is -4.75. The van der Waals surface area contributed by atoms with E-state index in [1.165, 1.54) is 70.6 Å². The summed E-state index contributed by atoms with van der Waals surface area (Å²) in [4.78, 5) is 48.1. The molecule has 0 fully saturated rings. The minimum absolute atomic E-state index is 0.0451. The summed E-state index contributed by atoms with van der Waals surface area (Å²) >= 11 is 0. The molecule has 2 N–H and O–H groups in total. The molecule has 0 aromatic heterocycles. The van der Waals surface area contributed by atoms with Gasteiger partial charge in [0.2, 0.25) is 0 Å². The minimum Gasteiger partial charge on any atom is -0.462 e. The van der Waals surface area contributed by atoms with Gasteiger partial charge in [0, 0.05) is 19.3 Å². The van der Waals surface area contributed by atoms with Gasteiger partial charge in [-0.05, 0) is 70.6 Å². The normalized spacial score (nSPS) is 14.0. The highest BCUT2D eigenvalue weighted by atomic mass is 31.2. The van der Waals surface area contributed by atoms with Crippen LogP contribution in [0.5, 0.6) is 0 Å². The standard InChI is InChI=1S/C52H91O11P/c1-4-7-10-13-16-19-21-23-24-26-27-30-32-35-38-41-50(54)59-45-49(63-52(56)43-40-37-34-31-28-25-22-20-17-14-11-8-5-2)47-61-64(57,58)60-46-48(44-53)62-51(55)42-39-36-33-29-18-15-12-9-6-3/h8,11,17,20,23-25,28,34,37,48-49,53H,4-7,9-10,12-16,18-19,21-22,26-27,29-33,35-36,38-47H2,1-3H3,(H,57,58)/b11-8-,20-17-,24-23-,28-25-,37-34-. The summed E-state index contributed by atoms with van der Waals surface area (Å²) in [7, 11) is -4.75. The van der Waals surface area contributed by atoms with E-state index in [4.69, 9.17) is 23.3 Å². The highest BCUT2D eigenvalue weighted by molar-refractivity contribution is 7.47. The third-order valence-corrected chi connectivity index (χ3v) is 11.4. The van der Waals surface area contributed by atoms with Gasteiger partial charge in [0.25, 0.3) is 0 Å². The number of aliphatic hydroxyl groups is 1. The molecule has 0 bridgehead atoms. The molecule has 0 rings (SSSR count). The van der Waals surface area contributed by atoms with Crippen molar-refractivity contribution in [2.24, 2.45) is 0 Å². The summed E-state index contributed by atoms with van der Waals surface area (Å²) in [5, 5.41) is 9.73. The zero-order valence-electron chi connectivity index (χ0n) is 40.5. The van der Waals surface area contributed by atoms with Gasteiger partial charge in [-0.3, -0.25) is 23.4 Å². The molecule has 0 aliphatic heterocycles. The Balaban J connectivity index is 4.84. The maximum Gasteiger partial charge on any atom is 0.472 e. The Hall–Kier alpha value is -2.82. The van der Waals surface area contributed by atoms with Gasteiger partial charge in [0.05, 0.1) is 19.8 Å². The number of carbonyl (C=O) groups excluding carboxylic acids is 3. The van der Waals surface area contributed by atoms with Crippen molar-refractivity contribution in [3.8, 4) is 0 Å². The molecule has 0 heterocycles. The van der Waals surface area contributed by atoms with E-state index in [2.05, 4.69) is 69.4 Å². The number of phosphoric acid groups is 1. The number of hydrogen-bond donors (Lipinski definition) is 2. The van der Waals surface area contributed by atoms with Crippen LogP contribution < -0.4 is 0 Å². The van der Waals surface area contributed by atoms with Crippen molar-refractivity contribution in [1.29, 1.82) is 0 Å². The van der Waals surface area contributed by atoms with Crippen molar-refractivity contribution in [3.63, 3.8) is 0 Å². The molecule has 0 saturated carbocycles. The van der Waals surface area contributed by atoms with Crippen LogP contribution in [0.15, 0.2) is 60.8 Å². The Bertz CT molecular complexity index is 1310. The number of carbonyl (C=O) groups is 3. The molecule has 3 unspecified atom stereocenters. The van der Waals surface area contributed by atoms with Gasteiger partial charge in [-0.2, -0.15) is 0 Å². The van der Waals surface area contributed by atoms with Crippen LogP contribution in [0.4, 0.5) is 0 Å². The van der Waals surface area contributed by atoms with E-state index in [9.17, 15) is 28.9 Å². The monoisotopic (exact) mass is 923 g/mol. The van der Waals surface area contributed by atoms with Crippen LogP contribution in [0.2, 0.25) is 0 Å². The number of aliphatic hydroxyl groups excluding tert-OH is 1. The van der Waals surface area contributed by atoms with Gasteiger partial charge in [-0.25, -0.2) is 4.57 Å². The smallest absolute Gasteiger partial charge is 0.462 e. The molecule has 11 nitrogen and oxygen atoms in total. The Morgan fingerprint density at radius 1 is 0.453 bits per heavy atom. The second-order valence-corrected chi connectivity index (χ2v) is 18.1. The lowest BCUT2D eigenvalue weighted by molar-refractivity contribution is -0.161. The highest BCUT2D eigenvalue weighted by Crippen LogP contribution is 2.43. The lowest BCUT2D eigenvalue weighted by Crippen LogP contribution is -2.30. The van der Waals surface area contributed by atoms with Gasteiger partial charge in [0.1, 0.15) is 12.7 Å². The van der Waals surface area contributed by atoms with Gasteiger partial charge in [-0.15, -0.1) is 0 Å². The number of esters is 3. The summed E-state index contributed by atoms with van der Waals surface area (Å²) in [6, 6.07) is 0. The molecule has 0 amide bonds. The van der Waals surface area contributed by atoms with Crippen LogP contribution in [0.3, 0.4) is 0 Å². The third-order valence-electron chi connectivity index (χ3n) is 10.4. The first-order valence-corrected chi connectivity index (χ1v) is 26.7. The fraction of sp³-hybridized carbons (Fsp3) is 0.750. The molecular weight excluding hydrogens is 832 g/mol. The van der Waals surface area contributed by atoms with Crippen LogP contribution in [-0.2, 0) is 42.2 Å². The van der Waals surface area contributed by atoms with Crippen molar-refractivity contribution >= 4 is 25.7 Å². The van der Waals surface area contributed by atoms with Gasteiger partial charge in [-0.1, -0.05) is 184 Å². The van der Waals surface area contributed by atoms with Gasteiger partial charge in [0.15, 0.2) is 6.10 Å². The van der Waals surface area contributed by atoms with Crippen molar-refractivity contribution in [2.75, 3.05) is 26.4 Å². The predicted octanol–water partition coefficient (Wildman–Crippen LogP) is 14.0. The molecule has 0 aromatic carbocycles. The number of phosphoric ester groups is 1. The average Bonchev–Trinajstić information content (AvgIpc) is 3.28. The summed E-state index contributed by atoms with van der Waals surface area (Å²) < 4.78 is 39.1. The molecule has 3 atom stereocenters. The van der Waals surface area contributed by atoms with E-state index < -0.39 is 57.8 Å². The molecule has 0 aliphatic carbocycles. The SMILES string of the molecule is CC/C=C\C/C=C\C/C=C\C/C=C\CCC(=O)OC(COC(=O)CCCCCCC/C=C\CCCCCCCC)COP(=O)(O)OCC(CO)OC(=O)CCCCCCCCCCC.